The number of aromatic nitrogens is 2. The Balaban J connectivity index is 2.02. The number of thiophene rings is 1. The Kier molecular flexibility index (Phi) is 5.37. The number of esters is 1. The van der Waals surface area contributed by atoms with Crippen molar-refractivity contribution in [3.8, 4) is 11.1 Å². The summed E-state index contributed by atoms with van der Waals surface area (Å²) in [5.74, 6) is -0.359. The lowest BCUT2D eigenvalue weighted by Gasteiger charge is -2.06. The van der Waals surface area contributed by atoms with Gasteiger partial charge in [-0.05, 0) is 24.0 Å². The zero-order chi connectivity index (χ0) is 18.7. The SMILES string of the molecule is CCc1ccc(-c2csc3[nH]c(=O)n(CCCC(=O)OC)c(=O)c23)cc1. The van der Waals surface area contributed by atoms with Gasteiger partial charge in [0.2, 0.25) is 0 Å². The molecule has 3 aromatic rings. The molecule has 26 heavy (non-hydrogen) atoms. The molecule has 0 radical (unpaired) electrons. The van der Waals surface area contributed by atoms with Gasteiger partial charge in [-0.2, -0.15) is 0 Å². The smallest absolute Gasteiger partial charge is 0.329 e. The van der Waals surface area contributed by atoms with E-state index in [1.54, 1.807) is 0 Å². The fourth-order valence-electron chi connectivity index (χ4n) is 2.87. The molecule has 1 N–H and O–H groups in total. The van der Waals surface area contributed by atoms with E-state index in [1.807, 2.05) is 29.6 Å². The third-order valence-electron chi connectivity index (χ3n) is 4.38. The van der Waals surface area contributed by atoms with Gasteiger partial charge in [-0.25, -0.2) is 4.79 Å². The largest absolute Gasteiger partial charge is 0.469 e. The van der Waals surface area contributed by atoms with E-state index < -0.39 is 5.69 Å². The van der Waals surface area contributed by atoms with E-state index in [0.717, 1.165) is 22.1 Å². The van der Waals surface area contributed by atoms with Crippen molar-refractivity contribution < 1.29 is 9.53 Å². The van der Waals surface area contributed by atoms with Crippen LogP contribution in [0.2, 0.25) is 0 Å². The van der Waals surface area contributed by atoms with Gasteiger partial charge in [-0.15, -0.1) is 11.3 Å². The first kappa shape index (κ1) is 18.1. The molecule has 7 heteroatoms. The highest BCUT2D eigenvalue weighted by Gasteiger charge is 2.15. The predicted octanol–water partition coefficient (Wildman–Crippen LogP) is 2.93. The number of nitrogens with one attached hydrogen (secondary N) is 1. The summed E-state index contributed by atoms with van der Waals surface area (Å²) in [7, 11) is 1.31. The van der Waals surface area contributed by atoms with Crippen LogP contribution in [0.3, 0.4) is 0 Å². The zero-order valence-electron chi connectivity index (χ0n) is 14.7. The van der Waals surface area contributed by atoms with E-state index in [-0.39, 0.29) is 24.5 Å². The average molecular weight is 372 g/mol. The Morgan fingerprint density at radius 1 is 1.23 bits per heavy atom. The molecular formula is C19H20N2O4S. The summed E-state index contributed by atoms with van der Waals surface area (Å²) in [6.07, 6.45) is 1.48. The second kappa shape index (κ2) is 7.70. The maximum absolute atomic E-state index is 12.9. The first-order valence-corrected chi connectivity index (χ1v) is 9.33. The molecule has 0 saturated heterocycles. The summed E-state index contributed by atoms with van der Waals surface area (Å²) >= 11 is 1.35. The molecule has 2 aromatic heterocycles. The van der Waals surface area contributed by atoms with Gasteiger partial charge in [0.15, 0.2) is 0 Å². The number of benzene rings is 1. The second-order valence-corrected chi connectivity index (χ2v) is 6.85. The number of nitrogens with zero attached hydrogens (tertiary/aromatic N) is 1. The predicted molar refractivity (Wildman–Crippen MR) is 103 cm³/mol. The topological polar surface area (TPSA) is 81.2 Å². The van der Waals surface area contributed by atoms with Gasteiger partial charge in [0.1, 0.15) is 4.83 Å². The van der Waals surface area contributed by atoms with E-state index in [1.165, 1.54) is 24.0 Å². The van der Waals surface area contributed by atoms with Crippen LogP contribution in [0.1, 0.15) is 25.3 Å². The molecule has 0 unspecified atom stereocenters. The second-order valence-electron chi connectivity index (χ2n) is 5.97. The van der Waals surface area contributed by atoms with Gasteiger partial charge >= 0.3 is 11.7 Å². The van der Waals surface area contributed by atoms with Gasteiger partial charge in [-0.1, -0.05) is 31.2 Å². The molecule has 1 aromatic carbocycles. The summed E-state index contributed by atoms with van der Waals surface area (Å²) < 4.78 is 5.75. The van der Waals surface area contributed by atoms with Gasteiger partial charge in [-0.3, -0.25) is 19.1 Å². The highest BCUT2D eigenvalue weighted by Crippen LogP contribution is 2.30. The number of hydrogen-bond acceptors (Lipinski definition) is 5. The number of aryl methyl sites for hydroxylation is 1. The van der Waals surface area contributed by atoms with Crippen LogP contribution in [-0.4, -0.2) is 22.6 Å². The van der Waals surface area contributed by atoms with Crippen LogP contribution >= 0.6 is 11.3 Å². The Labute approximate surface area is 154 Å². The third-order valence-corrected chi connectivity index (χ3v) is 5.27. The van der Waals surface area contributed by atoms with Crippen molar-refractivity contribution in [1.29, 1.82) is 0 Å². The molecule has 0 amide bonds. The number of carbonyl (C=O) groups is 1. The van der Waals surface area contributed by atoms with Crippen molar-refractivity contribution in [2.45, 2.75) is 32.7 Å². The van der Waals surface area contributed by atoms with E-state index >= 15 is 0 Å². The number of fused-ring (bicyclic) bond motifs is 1. The fraction of sp³-hybridized carbons (Fsp3) is 0.316. The number of ether oxygens (including phenoxy) is 1. The highest BCUT2D eigenvalue weighted by molar-refractivity contribution is 7.17. The normalized spacial score (nSPS) is 11.0. The molecule has 0 aliphatic heterocycles. The lowest BCUT2D eigenvalue weighted by molar-refractivity contribution is -0.140. The van der Waals surface area contributed by atoms with Crippen molar-refractivity contribution >= 4 is 27.5 Å². The Bertz CT molecular complexity index is 1040. The molecule has 0 fully saturated rings. The number of aromatic amines is 1. The summed E-state index contributed by atoms with van der Waals surface area (Å²) in [6, 6.07) is 8.07. The molecule has 0 atom stereocenters. The summed E-state index contributed by atoms with van der Waals surface area (Å²) in [6.45, 7) is 2.26. The van der Waals surface area contributed by atoms with Crippen LogP contribution in [-0.2, 0) is 22.5 Å². The average Bonchev–Trinajstić information content (AvgIpc) is 3.08. The molecule has 0 saturated carbocycles. The Morgan fingerprint density at radius 2 is 1.96 bits per heavy atom. The van der Waals surface area contributed by atoms with Crippen LogP contribution in [0.15, 0.2) is 39.2 Å². The van der Waals surface area contributed by atoms with E-state index in [2.05, 4.69) is 16.6 Å². The Morgan fingerprint density at radius 3 is 2.62 bits per heavy atom. The number of H-pyrrole nitrogens is 1. The number of carbonyl (C=O) groups excluding carboxylic acids is 1. The highest BCUT2D eigenvalue weighted by atomic mass is 32.1. The molecule has 0 aliphatic rings. The molecule has 0 bridgehead atoms. The quantitative estimate of drug-likeness (QED) is 0.675. The minimum Gasteiger partial charge on any atom is -0.469 e. The molecule has 136 valence electrons. The van der Waals surface area contributed by atoms with Crippen LogP contribution < -0.4 is 11.2 Å². The van der Waals surface area contributed by atoms with E-state index in [9.17, 15) is 14.4 Å². The first-order chi connectivity index (χ1) is 12.5. The van der Waals surface area contributed by atoms with Crippen LogP contribution in [0, 0.1) is 0 Å². The summed E-state index contributed by atoms with van der Waals surface area (Å²) in [5, 5.41) is 2.40. The maximum Gasteiger partial charge on any atom is 0.329 e. The van der Waals surface area contributed by atoms with Crippen LogP contribution in [0.5, 0.6) is 0 Å². The standard InChI is InChI=1S/C19H20N2O4S/c1-3-12-6-8-13(9-7-12)14-11-26-17-16(14)18(23)21(19(24)20-17)10-4-5-15(22)25-2/h6-9,11H,3-5,10H2,1-2H3,(H,20,24). The maximum atomic E-state index is 12.9. The Hall–Kier alpha value is -2.67. The minimum atomic E-state index is -0.456. The molecular weight excluding hydrogens is 352 g/mol. The molecule has 6 nitrogen and oxygen atoms in total. The lowest BCUT2D eigenvalue weighted by Crippen LogP contribution is -2.35. The molecule has 0 aliphatic carbocycles. The van der Waals surface area contributed by atoms with Gasteiger partial charge in [0.25, 0.3) is 5.56 Å². The van der Waals surface area contributed by atoms with Crippen molar-refractivity contribution in [3.05, 3.63) is 56.0 Å². The van der Waals surface area contributed by atoms with Crippen molar-refractivity contribution in [3.63, 3.8) is 0 Å². The third kappa shape index (κ3) is 3.48. The monoisotopic (exact) mass is 372 g/mol. The van der Waals surface area contributed by atoms with E-state index in [0.29, 0.717) is 16.6 Å². The number of methoxy groups -OCH3 is 1. The van der Waals surface area contributed by atoms with Crippen molar-refractivity contribution in [2.75, 3.05) is 7.11 Å². The van der Waals surface area contributed by atoms with Crippen LogP contribution in [0.4, 0.5) is 0 Å². The van der Waals surface area contributed by atoms with E-state index in [4.69, 9.17) is 0 Å². The first-order valence-electron chi connectivity index (χ1n) is 8.45. The van der Waals surface area contributed by atoms with Crippen molar-refractivity contribution in [2.24, 2.45) is 0 Å². The zero-order valence-corrected chi connectivity index (χ0v) is 15.5. The number of hydrogen-bond donors (Lipinski definition) is 1. The fourth-order valence-corrected chi connectivity index (χ4v) is 3.82. The number of rotatable bonds is 6. The summed E-state index contributed by atoms with van der Waals surface area (Å²) in [5.41, 5.74) is 2.20. The van der Waals surface area contributed by atoms with Gasteiger partial charge in [0.05, 0.1) is 12.5 Å². The van der Waals surface area contributed by atoms with Gasteiger partial charge in [0, 0.05) is 23.9 Å². The van der Waals surface area contributed by atoms with Gasteiger partial charge < -0.3 is 4.74 Å². The molecule has 3 rings (SSSR count). The summed E-state index contributed by atoms with van der Waals surface area (Å²) in [4.78, 5) is 39.7. The minimum absolute atomic E-state index is 0.162. The lowest BCUT2D eigenvalue weighted by atomic mass is 10.0. The van der Waals surface area contributed by atoms with Crippen LogP contribution in [0.25, 0.3) is 21.3 Å². The van der Waals surface area contributed by atoms with Crippen molar-refractivity contribution in [1.82, 2.24) is 9.55 Å². The molecule has 2 heterocycles. The molecule has 0 spiro atoms.